The molecule has 3 aliphatic rings. The summed E-state index contributed by atoms with van der Waals surface area (Å²) in [5.74, 6) is -2.49. The van der Waals surface area contributed by atoms with E-state index in [1.165, 1.54) is 32.4 Å². The number of rotatable bonds is 5. The Morgan fingerprint density at radius 2 is 1.88 bits per heavy atom. The van der Waals surface area contributed by atoms with Gasteiger partial charge in [0.1, 0.15) is 22.8 Å². The maximum Gasteiger partial charge on any atom is 0.202 e. The van der Waals surface area contributed by atoms with E-state index in [9.17, 15) is 35.1 Å². The van der Waals surface area contributed by atoms with Gasteiger partial charge in [-0.15, -0.1) is 0 Å². The van der Waals surface area contributed by atoms with Crippen molar-refractivity contribution in [1.29, 1.82) is 0 Å². The van der Waals surface area contributed by atoms with Crippen molar-refractivity contribution >= 4 is 17.3 Å². The molecule has 40 heavy (non-hydrogen) atoms. The average molecular weight is 557 g/mol. The normalized spacial score (nSPS) is 30.0. The highest BCUT2D eigenvalue weighted by Gasteiger charge is 2.49. The summed E-state index contributed by atoms with van der Waals surface area (Å²) < 4.78 is 17.3. The number of ether oxygens (including phenoxy) is 3. The zero-order chi connectivity index (χ0) is 29.1. The molecule has 0 spiro atoms. The molecule has 1 unspecified atom stereocenters. The summed E-state index contributed by atoms with van der Waals surface area (Å²) in [5, 5.41) is 54.8. The molecule has 0 aromatic heterocycles. The lowest BCUT2D eigenvalue weighted by molar-refractivity contribution is -0.245. The number of nitrogens with two attached hydrogens (primary N) is 1. The van der Waals surface area contributed by atoms with E-state index < -0.39 is 77.0 Å². The third-order valence-electron chi connectivity index (χ3n) is 8.10. The van der Waals surface area contributed by atoms with Crippen LogP contribution in [-0.4, -0.2) is 93.7 Å². The van der Waals surface area contributed by atoms with E-state index in [4.69, 9.17) is 19.9 Å². The number of fused-ring (bicyclic) bond motifs is 3. The first-order valence-electron chi connectivity index (χ1n) is 12.9. The minimum Gasteiger partial charge on any atom is -0.507 e. The van der Waals surface area contributed by atoms with Gasteiger partial charge in [-0.05, 0) is 13.0 Å². The second-order valence-corrected chi connectivity index (χ2v) is 10.4. The van der Waals surface area contributed by atoms with Gasteiger partial charge >= 0.3 is 0 Å². The van der Waals surface area contributed by atoms with Crippen molar-refractivity contribution < 1.29 is 49.3 Å². The molecule has 12 nitrogen and oxygen atoms in total. The number of hydrogen-bond donors (Lipinski definition) is 6. The van der Waals surface area contributed by atoms with Crippen LogP contribution in [0.2, 0.25) is 0 Å². The summed E-state index contributed by atoms with van der Waals surface area (Å²) in [4.78, 5) is 31.3. The first-order chi connectivity index (χ1) is 19.0. The molecule has 0 radical (unpaired) electrons. The van der Waals surface area contributed by atoms with Gasteiger partial charge in [0.25, 0.3) is 0 Å². The highest BCUT2D eigenvalue weighted by atomic mass is 16.7. The molecule has 2 aromatic carbocycles. The van der Waals surface area contributed by atoms with E-state index in [0.717, 1.165) is 0 Å². The van der Waals surface area contributed by atoms with E-state index in [1.54, 1.807) is 6.92 Å². The fourth-order valence-electron chi connectivity index (χ4n) is 6.04. The fourth-order valence-corrected chi connectivity index (χ4v) is 6.04. The van der Waals surface area contributed by atoms with Gasteiger partial charge in [-0.3, -0.25) is 14.6 Å². The Labute approximate surface area is 229 Å². The number of aliphatic hydroxyl groups is 3. The summed E-state index contributed by atoms with van der Waals surface area (Å²) >= 11 is 0. The number of methoxy groups -OCH3 is 1. The first-order valence-corrected chi connectivity index (χ1v) is 12.9. The molecule has 7 N–H and O–H groups in total. The second kappa shape index (κ2) is 10.2. The number of phenolic OH excluding ortho intramolecular Hbond substituents is 2. The van der Waals surface area contributed by atoms with E-state index in [2.05, 4.69) is 4.99 Å². The number of benzene rings is 2. The average Bonchev–Trinajstić information content (AvgIpc) is 2.92. The zero-order valence-electron chi connectivity index (χ0n) is 22.2. The van der Waals surface area contributed by atoms with Gasteiger partial charge < -0.3 is 45.5 Å². The smallest absolute Gasteiger partial charge is 0.202 e. The van der Waals surface area contributed by atoms with Crippen molar-refractivity contribution in [1.82, 2.24) is 0 Å². The highest BCUT2D eigenvalue weighted by molar-refractivity contribution is 6.31. The number of aromatic hydroxyl groups is 2. The van der Waals surface area contributed by atoms with Crippen molar-refractivity contribution in [3.63, 3.8) is 0 Å². The quantitative estimate of drug-likeness (QED) is 0.189. The zero-order valence-corrected chi connectivity index (χ0v) is 22.2. The molecule has 12 heteroatoms. The van der Waals surface area contributed by atoms with Crippen LogP contribution >= 0.6 is 0 Å². The Bertz CT molecular complexity index is 1410. The van der Waals surface area contributed by atoms with Crippen molar-refractivity contribution in [3.8, 4) is 17.2 Å². The molecule has 214 valence electrons. The largest absolute Gasteiger partial charge is 0.507 e. The summed E-state index contributed by atoms with van der Waals surface area (Å²) in [6.07, 6.45) is -4.32. The van der Waals surface area contributed by atoms with Crippen LogP contribution in [0.25, 0.3) is 0 Å². The van der Waals surface area contributed by atoms with Crippen LogP contribution in [0.15, 0.2) is 23.2 Å². The SMILES string of the molecule is C/N=C(\CO)[C@]1(O)Cc2c(O)c3c(c(O)c2[C@@H](OC2C[C@H](N)[C@H](O)[C@H](C)O2)C1)C(=O)c1c(OC)cccc1C3=O. The lowest BCUT2D eigenvalue weighted by Gasteiger charge is -2.43. The Morgan fingerprint density at radius 3 is 2.50 bits per heavy atom. The molecule has 1 saturated heterocycles. The predicted octanol–water partition coefficient (Wildman–Crippen LogP) is 0.503. The van der Waals surface area contributed by atoms with Crippen LogP contribution in [0, 0.1) is 0 Å². The van der Waals surface area contributed by atoms with Crippen molar-refractivity contribution in [2.45, 2.75) is 62.4 Å². The molecule has 1 heterocycles. The van der Waals surface area contributed by atoms with E-state index >= 15 is 0 Å². The number of ketones is 2. The molecular formula is C28H32N2O10. The van der Waals surface area contributed by atoms with Crippen LogP contribution in [-0.2, 0) is 15.9 Å². The topological polar surface area (TPSA) is 201 Å². The number of hydrogen-bond acceptors (Lipinski definition) is 12. The monoisotopic (exact) mass is 556 g/mol. The molecule has 1 aliphatic heterocycles. The molecule has 6 atom stereocenters. The van der Waals surface area contributed by atoms with Crippen LogP contribution in [0.4, 0.5) is 0 Å². The molecule has 0 amide bonds. The van der Waals surface area contributed by atoms with Gasteiger partial charge in [0.2, 0.25) is 5.78 Å². The Hall–Kier alpha value is -3.39. The third-order valence-corrected chi connectivity index (χ3v) is 8.10. The van der Waals surface area contributed by atoms with Crippen LogP contribution in [0.5, 0.6) is 17.2 Å². The van der Waals surface area contributed by atoms with Gasteiger partial charge in [0.05, 0.1) is 54.4 Å². The number of nitrogens with zero attached hydrogens (tertiary/aromatic N) is 1. The number of aliphatic imine (C=N–C) groups is 1. The minimum absolute atomic E-state index is 0.00585. The Kier molecular flexibility index (Phi) is 7.19. The van der Waals surface area contributed by atoms with Gasteiger partial charge in [-0.1, -0.05) is 12.1 Å². The lowest BCUT2D eigenvalue weighted by Crippen LogP contribution is -2.53. The lowest BCUT2D eigenvalue weighted by atomic mass is 9.71. The van der Waals surface area contributed by atoms with Crippen LogP contribution < -0.4 is 10.5 Å². The van der Waals surface area contributed by atoms with Crippen LogP contribution in [0.1, 0.15) is 68.8 Å². The summed E-state index contributed by atoms with van der Waals surface area (Å²) in [6.45, 7) is 1.01. The van der Waals surface area contributed by atoms with Gasteiger partial charge in [0, 0.05) is 49.0 Å². The van der Waals surface area contributed by atoms with E-state index in [0.29, 0.717) is 0 Å². The molecule has 0 bridgehead atoms. The highest BCUT2D eigenvalue weighted by Crippen LogP contribution is 2.52. The molecule has 0 saturated carbocycles. The molecule has 1 fully saturated rings. The number of carbonyl (C=O) groups is 2. The molecule has 2 aromatic rings. The van der Waals surface area contributed by atoms with Crippen molar-refractivity contribution in [3.05, 3.63) is 51.6 Å². The standard InChI is InChI=1S/C28H32N2O10/c1-11-23(32)14(29)7-18(39-11)40-16-9-28(37,17(10-31)30-2)8-13-20(16)27(36)22-21(25(13)34)24(33)12-5-4-6-15(38-3)19(12)26(22)35/h4-6,11,14,16,18,23,31-32,34,36-37H,7-10,29H2,1-3H3/b30-17+/t11-,14-,16-,18?,23+,28-/m0/s1. The minimum atomic E-state index is -1.84. The van der Waals surface area contributed by atoms with Gasteiger partial charge in [0.15, 0.2) is 12.1 Å². The predicted molar refractivity (Wildman–Crippen MR) is 140 cm³/mol. The first kappa shape index (κ1) is 28.1. The summed E-state index contributed by atoms with van der Waals surface area (Å²) in [5.41, 5.74) is 3.29. The van der Waals surface area contributed by atoms with E-state index in [1.807, 2.05) is 0 Å². The van der Waals surface area contributed by atoms with Gasteiger partial charge in [-0.25, -0.2) is 0 Å². The van der Waals surface area contributed by atoms with Crippen molar-refractivity contribution in [2.24, 2.45) is 10.7 Å². The number of carbonyl (C=O) groups excluding carboxylic acids is 2. The molecular weight excluding hydrogens is 524 g/mol. The van der Waals surface area contributed by atoms with E-state index in [-0.39, 0.29) is 53.0 Å². The molecule has 5 rings (SSSR count). The van der Waals surface area contributed by atoms with Gasteiger partial charge in [-0.2, -0.15) is 0 Å². The maximum atomic E-state index is 13.7. The third kappa shape index (κ3) is 4.19. The second-order valence-electron chi connectivity index (χ2n) is 10.4. The number of phenols is 2. The number of aliphatic hydroxyl groups excluding tert-OH is 2. The molecule has 2 aliphatic carbocycles. The summed E-state index contributed by atoms with van der Waals surface area (Å²) in [7, 11) is 2.73. The van der Waals surface area contributed by atoms with Crippen LogP contribution in [0.3, 0.4) is 0 Å². The Morgan fingerprint density at radius 1 is 1.18 bits per heavy atom. The van der Waals surface area contributed by atoms with Crippen molar-refractivity contribution in [2.75, 3.05) is 20.8 Å². The fraction of sp³-hybridized carbons (Fsp3) is 0.464. The maximum absolute atomic E-state index is 13.7. The Balaban J connectivity index is 1.70. The summed E-state index contributed by atoms with van der Waals surface area (Å²) in [6, 6.07) is 3.78.